The summed E-state index contributed by atoms with van der Waals surface area (Å²) in [5, 5.41) is -0.0259. The first kappa shape index (κ1) is 20.3. The third kappa shape index (κ3) is 4.20. The molecule has 5 nitrogen and oxygen atoms in total. The first-order valence-electron chi connectivity index (χ1n) is 8.86. The van der Waals surface area contributed by atoms with Crippen molar-refractivity contribution in [1.29, 1.82) is 0 Å². The topological polar surface area (TPSA) is 72.0 Å². The first-order chi connectivity index (χ1) is 12.5. The highest BCUT2D eigenvalue weighted by atomic mass is 35.5. The molecule has 3 rings (SSSR count). The van der Waals surface area contributed by atoms with Gasteiger partial charge in [-0.1, -0.05) is 31.5 Å². The molecule has 1 aromatic heterocycles. The van der Waals surface area contributed by atoms with Gasteiger partial charge in [-0.05, 0) is 48.8 Å². The van der Waals surface area contributed by atoms with Gasteiger partial charge in [0, 0.05) is 6.26 Å². The zero-order chi connectivity index (χ0) is 20.0. The van der Waals surface area contributed by atoms with Gasteiger partial charge in [0.15, 0.2) is 14.9 Å². The minimum Gasteiger partial charge on any atom is -0.365 e. The summed E-state index contributed by atoms with van der Waals surface area (Å²) in [5.41, 5.74) is 1.19. The Hall–Kier alpha value is -1.44. The van der Waals surface area contributed by atoms with Crippen LogP contribution in [0.1, 0.15) is 49.9 Å². The Morgan fingerprint density at radius 2 is 2.04 bits per heavy atom. The van der Waals surface area contributed by atoms with E-state index in [4.69, 9.17) is 16.3 Å². The quantitative estimate of drug-likeness (QED) is 0.726. The molecule has 148 valence electrons. The van der Waals surface area contributed by atoms with Crippen molar-refractivity contribution in [3.8, 4) is 0 Å². The molecule has 1 aliphatic carbocycles. The number of sulfone groups is 1. The summed E-state index contributed by atoms with van der Waals surface area (Å²) in [6.07, 6.45) is 2.64. The number of halogens is 2. The molecule has 0 amide bonds. The van der Waals surface area contributed by atoms with E-state index in [1.54, 1.807) is 13.0 Å². The number of ether oxygens (including phenoxy) is 1. The lowest BCUT2D eigenvalue weighted by Gasteiger charge is -2.24. The lowest BCUT2D eigenvalue weighted by Crippen LogP contribution is -2.20. The zero-order valence-corrected chi connectivity index (χ0v) is 17.4. The van der Waals surface area contributed by atoms with Crippen molar-refractivity contribution in [2.75, 3.05) is 12.9 Å². The number of benzene rings is 1. The van der Waals surface area contributed by atoms with E-state index < -0.39 is 21.8 Å². The molecule has 1 saturated carbocycles. The number of H-pyrrole nitrogens is 1. The van der Waals surface area contributed by atoms with Crippen LogP contribution in [-0.2, 0) is 14.6 Å². The van der Waals surface area contributed by atoms with Crippen molar-refractivity contribution in [1.82, 2.24) is 9.97 Å². The fourth-order valence-electron chi connectivity index (χ4n) is 3.26. The number of imidazole rings is 1. The van der Waals surface area contributed by atoms with Crippen molar-refractivity contribution in [2.24, 2.45) is 11.3 Å². The maximum atomic E-state index is 13.6. The first-order valence-corrected chi connectivity index (χ1v) is 11.1. The molecule has 1 aliphatic rings. The van der Waals surface area contributed by atoms with Crippen LogP contribution in [-0.4, -0.2) is 31.2 Å². The Morgan fingerprint density at radius 3 is 2.52 bits per heavy atom. The van der Waals surface area contributed by atoms with Crippen LogP contribution < -0.4 is 0 Å². The summed E-state index contributed by atoms with van der Waals surface area (Å²) < 4.78 is 43.7. The van der Waals surface area contributed by atoms with Gasteiger partial charge in [0.2, 0.25) is 0 Å². The van der Waals surface area contributed by atoms with Crippen LogP contribution in [0.3, 0.4) is 0 Å². The van der Waals surface area contributed by atoms with Crippen molar-refractivity contribution in [2.45, 2.75) is 44.7 Å². The molecule has 1 heterocycles. The molecule has 0 aliphatic heterocycles. The Kier molecular flexibility index (Phi) is 5.40. The Balaban J connectivity index is 1.98. The summed E-state index contributed by atoms with van der Waals surface area (Å²) in [5.74, 6) is 0.322. The summed E-state index contributed by atoms with van der Waals surface area (Å²) in [6, 6.07) is 4.35. The maximum Gasteiger partial charge on any atom is 0.194 e. The Labute approximate surface area is 164 Å². The van der Waals surface area contributed by atoms with E-state index >= 15 is 0 Å². The van der Waals surface area contributed by atoms with Crippen LogP contribution in [0.5, 0.6) is 0 Å². The van der Waals surface area contributed by atoms with E-state index in [1.165, 1.54) is 12.1 Å². The SMILES string of the molecule is Cc1[nH]c(C(OCC2(C(C)C)CC2)c2ccc(F)c(Cl)c2)nc1S(C)(=O)=O. The van der Waals surface area contributed by atoms with Crippen molar-refractivity contribution < 1.29 is 17.5 Å². The smallest absolute Gasteiger partial charge is 0.194 e. The van der Waals surface area contributed by atoms with Crippen LogP contribution in [0, 0.1) is 24.1 Å². The van der Waals surface area contributed by atoms with Gasteiger partial charge in [-0.25, -0.2) is 17.8 Å². The van der Waals surface area contributed by atoms with Crippen molar-refractivity contribution in [3.63, 3.8) is 0 Å². The minimum atomic E-state index is -3.47. The molecule has 0 bridgehead atoms. The van der Waals surface area contributed by atoms with E-state index in [1.807, 2.05) is 0 Å². The molecule has 1 unspecified atom stereocenters. The van der Waals surface area contributed by atoms with Gasteiger partial charge in [-0.2, -0.15) is 0 Å². The van der Waals surface area contributed by atoms with Gasteiger partial charge < -0.3 is 9.72 Å². The van der Waals surface area contributed by atoms with Gasteiger partial charge in [0.1, 0.15) is 17.7 Å². The summed E-state index contributed by atoms with van der Waals surface area (Å²) in [6.45, 7) is 6.49. The molecular formula is C19H24ClFN2O3S. The summed E-state index contributed by atoms with van der Waals surface area (Å²) in [7, 11) is -3.47. The molecule has 27 heavy (non-hydrogen) atoms. The van der Waals surface area contributed by atoms with E-state index in [9.17, 15) is 12.8 Å². The second-order valence-electron chi connectivity index (χ2n) is 7.71. The van der Waals surface area contributed by atoms with E-state index in [-0.39, 0.29) is 15.5 Å². The minimum absolute atomic E-state index is 0.00990. The molecular weight excluding hydrogens is 391 g/mol. The van der Waals surface area contributed by atoms with Crippen molar-refractivity contribution >= 4 is 21.4 Å². The number of aromatic amines is 1. The highest BCUT2D eigenvalue weighted by Gasteiger charge is 2.46. The van der Waals surface area contributed by atoms with Gasteiger partial charge >= 0.3 is 0 Å². The van der Waals surface area contributed by atoms with Gasteiger partial charge in [-0.15, -0.1) is 0 Å². The number of rotatable bonds is 7. The molecule has 1 fully saturated rings. The van der Waals surface area contributed by atoms with Gasteiger partial charge in [0.05, 0.1) is 17.3 Å². The molecule has 8 heteroatoms. The molecule has 1 N–H and O–H groups in total. The predicted octanol–water partition coefficient (Wildman–Crippen LogP) is 4.46. The molecule has 2 aromatic rings. The number of hydrogen-bond donors (Lipinski definition) is 1. The number of hydrogen-bond acceptors (Lipinski definition) is 4. The van der Waals surface area contributed by atoms with Crippen molar-refractivity contribution in [3.05, 3.63) is 46.1 Å². The lowest BCUT2D eigenvalue weighted by molar-refractivity contribution is 0.0259. The number of nitrogens with zero attached hydrogens (tertiary/aromatic N) is 1. The zero-order valence-electron chi connectivity index (χ0n) is 15.8. The molecule has 0 saturated heterocycles. The maximum absolute atomic E-state index is 13.6. The molecule has 1 atom stereocenters. The van der Waals surface area contributed by atoms with Gasteiger partial charge in [-0.3, -0.25) is 0 Å². The number of nitrogens with one attached hydrogen (secondary N) is 1. The molecule has 0 spiro atoms. The fraction of sp³-hybridized carbons (Fsp3) is 0.526. The van der Waals surface area contributed by atoms with Crippen LogP contribution >= 0.6 is 11.6 Å². The normalized spacial score (nSPS) is 17.3. The fourth-order valence-corrected chi connectivity index (χ4v) is 4.32. The largest absolute Gasteiger partial charge is 0.365 e. The third-order valence-corrected chi connectivity index (χ3v) is 6.75. The highest BCUT2D eigenvalue weighted by molar-refractivity contribution is 7.90. The van der Waals surface area contributed by atoms with E-state index in [0.29, 0.717) is 29.6 Å². The van der Waals surface area contributed by atoms with Crippen LogP contribution in [0.15, 0.2) is 23.2 Å². The standard InChI is InChI=1S/C19H24ClFN2O3S/c1-11(2)19(7-8-19)10-26-16(13-5-6-15(21)14(20)9-13)17-22-12(3)18(23-17)27(4,24)25/h5-6,9,11,16H,7-8,10H2,1-4H3,(H,22,23). The Bertz CT molecular complexity index is 952. The average Bonchev–Trinajstić information content (AvgIpc) is 3.26. The summed E-state index contributed by atoms with van der Waals surface area (Å²) in [4.78, 5) is 7.29. The average molecular weight is 415 g/mol. The van der Waals surface area contributed by atoms with Crippen LogP contribution in [0.25, 0.3) is 0 Å². The van der Waals surface area contributed by atoms with Crippen LogP contribution in [0.4, 0.5) is 4.39 Å². The van der Waals surface area contributed by atoms with Gasteiger partial charge in [0.25, 0.3) is 0 Å². The lowest BCUT2D eigenvalue weighted by atomic mass is 9.93. The van der Waals surface area contributed by atoms with Crippen LogP contribution in [0.2, 0.25) is 5.02 Å². The molecule has 0 radical (unpaired) electrons. The Morgan fingerprint density at radius 1 is 1.37 bits per heavy atom. The second-order valence-corrected chi connectivity index (χ2v) is 10.0. The van der Waals surface area contributed by atoms with E-state index in [0.717, 1.165) is 19.1 Å². The number of aryl methyl sites for hydroxylation is 1. The second kappa shape index (κ2) is 7.18. The number of aromatic nitrogens is 2. The third-order valence-electron chi connectivity index (χ3n) is 5.36. The van der Waals surface area contributed by atoms with E-state index in [2.05, 4.69) is 23.8 Å². The monoisotopic (exact) mass is 414 g/mol. The predicted molar refractivity (Wildman–Crippen MR) is 102 cm³/mol. The highest BCUT2D eigenvalue weighted by Crippen LogP contribution is 2.52. The summed E-state index contributed by atoms with van der Waals surface area (Å²) >= 11 is 5.95. The molecule has 1 aromatic carbocycles.